The zero-order valence-electron chi connectivity index (χ0n) is 11.7. The van der Waals surface area contributed by atoms with E-state index in [0.29, 0.717) is 31.7 Å². The molecule has 0 aromatic heterocycles. The number of ether oxygens (including phenoxy) is 1. The summed E-state index contributed by atoms with van der Waals surface area (Å²) in [4.78, 5) is 12.5. The van der Waals surface area contributed by atoms with Crippen LogP contribution in [0.5, 0.6) is 0 Å². The Balaban J connectivity index is 1.68. The van der Waals surface area contributed by atoms with Crippen molar-refractivity contribution < 1.29 is 13.9 Å². The number of morpholine rings is 1. The van der Waals surface area contributed by atoms with Crippen molar-refractivity contribution in [1.82, 2.24) is 5.32 Å². The molecule has 4 heteroatoms. The molecule has 1 N–H and O–H groups in total. The SMILES string of the molecule is Cc1ccc(F)cc1CC(=O)C1CC2COCC(C1)N2. The van der Waals surface area contributed by atoms with Crippen LogP contribution in [0, 0.1) is 18.7 Å². The Bertz CT molecular complexity index is 505. The normalized spacial score (nSPS) is 29.2. The first-order valence-corrected chi connectivity index (χ1v) is 7.23. The Morgan fingerprint density at radius 3 is 2.75 bits per heavy atom. The predicted molar refractivity (Wildman–Crippen MR) is 74.1 cm³/mol. The smallest absolute Gasteiger partial charge is 0.140 e. The van der Waals surface area contributed by atoms with Crippen molar-refractivity contribution in [1.29, 1.82) is 0 Å². The average molecular weight is 277 g/mol. The molecule has 0 saturated carbocycles. The van der Waals surface area contributed by atoms with Crippen LogP contribution >= 0.6 is 0 Å². The molecule has 108 valence electrons. The molecule has 2 fully saturated rings. The van der Waals surface area contributed by atoms with Crippen molar-refractivity contribution in [2.45, 2.75) is 38.3 Å². The average Bonchev–Trinajstić information content (AvgIpc) is 2.42. The van der Waals surface area contributed by atoms with Gasteiger partial charge in [-0.3, -0.25) is 4.79 Å². The first-order chi connectivity index (χ1) is 9.61. The second-order valence-corrected chi connectivity index (χ2v) is 5.98. The molecule has 3 rings (SSSR count). The van der Waals surface area contributed by atoms with Crippen LogP contribution in [-0.4, -0.2) is 31.1 Å². The molecule has 1 aromatic rings. The summed E-state index contributed by atoms with van der Waals surface area (Å²) in [6.45, 7) is 3.31. The Morgan fingerprint density at radius 2 is 2.05 bits per heavy atom. The van der Waals surface area contributed by atoms with Crippen molar-refractivity contribution in [2.75, 3.05) is 13.2 Å². The summed E-state index contributed by atoms with van der Waals surface area (Å²) in [5, 5.41) is 3.48. The summed E-state index contributed by atoms with van der Waals surface area (Å²) < 4.78 is 18.8. The number of fused-ring (bicyclic) bond motifs is 2. The molecule has 1 aromatic carbocycles. The largest absolute Gasteiger partial charge is 0.378 e. The third-order valence-corrected chi connectivity index (χ3v) is 4.38. The molecule has 0 radical (unpaired) electrons. The van der Waals surface area contributed by atoms with E-state index in [1.165, 1.54) is 12.1 Å². The van der Waals surface area contributed by atoms with E-state index in [1.54, 1.807) is 6.07 Å². The van der Waals surface area contributed by atoms with Crippen molar-refractivity contribution in [3.8, 4) is 0 Å². The van der Waals surface area contributed by atoms with Crippen molar-refractivity contribution in [3.63, 3.8) is 0 Å². The number of halogens is 1. The van der Waals surface area contributed by atoms with Gasteiger partial charge in [-0.1, -0.05) is 6.07 Å². The number of benzene rings is 1. The van der Waals surface area contributed by atoms with Crippen LogP contribution in [0.25, 0.3) is 0 Å². The monoisotopic (exact) mass is 277 g/mol. The zero-order chi connectivity index (χ0) is 14.1. The highest BCUT2D eigenvalue weighted by atomic mass is 19.1. The van der Waals surface area contributed by atoms with Crippen molar-refractivity contribution >= 4 is 5.78 Å². The van der Waals surface area contributed by atoms with E-state index < -0.39 is 0 Å². The number of hydrogen-bond donors (Lipinski definition) is 1. The molecule has 2 saturated heterocycles. The molecule has 0 aliphatic carbocycles. The van der Waals surface area contributed by atoms with Crippen molar-refractivity contribution in [2.24, 2.45) is 5.92 Å². The highest BCUT2D eigenvalue weighted by molar-refractivity contribution is 5.83. The van der Waals surface area contributed by atoms with Gasteiger partial charge in [-0.25, -0.2) is 4.39 Å². The maximum atomic E-state index is 13.3. The van der Waals surface area contributed by atoms with Gasteiger partial charge in [-0.2, -0.15) is 0 Å². The number of carbonyl (C=O) groups excluding carboxylic acids is 1. The van der Waals surface area contributed by atoms with E-state index in [0.717, 1.165) is 24.0 Å². The standard InChI is InChI=1S/C16H20FNO2/c1-10-2-3-13(17)4-11(10)7-16(19)12-5-14-8-20-9-15(6-12)18-14/h2-4,12,14-15,18H,5-9H2,1H3. The fraction of sp³-hybridized carbons (Fsp3) is 0.562. The first-order valence-electron chi connectivity index (χ1n) is 7.23. The second-order valence-electron chi connectivity index (χ2n) is 5.98. The van der Waals surface area contributed by atoms with E-state index in [4.69, 9.17) is 4.74 Å². The molecule has 3 nitrogen and oxygen atoms in total. The number of rotatable bonds is 3. The minimum Gasteiger partial charge on any atom is -0.378 e. The quantitative estimate of drug-likeness (QED) is 0.918. The van der Waals surface area contributed by atoms with E-state index >= 15 is 0 Å². The molecule has 2 unspecified atom stereocenters. The molecular formula is C16H20FNO2. The molecule has 2 aliphatic heterocycles. The fourth-order valence-electron chi connectivity index (χ4n) is 3.26. The Morgan fingerprint density at radius 1 is 1.35 bits per heavy atom. The minimum atomic E-state index is -0.269. The highest BCUT2D eigenvalue weighted by Gasteiger charge is 2.35. The van der Waals surface area contributed by atoms with Crippen LogP contribution in [0.1, 0.15) is 24.0 Å². The summed E-state index contributed by atoms with van der Waals surface area (Å²) >= 11 is 0. The molecule has 2 aliphatic rings. The number of Topliss-reactive ketones (excluding diaryl/α,β-unsaturated/α-hetero) is 1. The maximum Gasteiger partial charge on any atom is 0.140 e. The molecule has 2 bridgehead atoms. The predicted octanol–water partition coefficient (Wildman–Crippen LogP) is 2.01. The van der Waals surface area contributed by atoms with Gasteiger partial charge in [-0.05, 0) is 43.0 Å². The Hall–Kier alpha value is -1.26. The molecular weight excluding hydrogens is 257 g/mol. The van der Waals surface area contributed by atoms with Gasteiger partial charge in [0.25, 0.3) is 0 Å². The van der Waals surface area contributed by atoms with Gasteiger partial charge < -0.3 is 10.1 Å². The van der Waals surface area contributed by atoms with Gasteiger partial charge in [0.1, 0.15) is 11.6 Å². The van der Waals surface area contributed by atoms with Gasteiger partial charge >= 0.3 is 0 Å². The number of ketones is 1. The fourth-order valence-corrected chi connectivity index (χ4v) is 3.26. The van der Waals surface area contributed by atoms with Gasteiger partial charge in [-0.15, -0.1) is 0 Å². The summed E-state index contributed by atoms with van der Waals surface area (Å²) in [7, 11) is 0. The Labute approximate surface area is 118 Å². The lowest BCUT2D eigenvalue weighted by Crippen LogP contribution is -2.55. The number of aryl methyl sites for hydroxylation is 1. The topological polar surface area (TPSA) is 38.3 Å². The first kappa shape index (κ1) is 13.7. The highest BCUT2D eigenvalue weighted by Crippen LogP contribution is 2.26. The second kappa shape index (κ2) is 5.62. The van der Waals surface area contributed by atoms with E-state index in [2.05, 4.69) is 5.32 Å². The van der Waals surface area contributed by atoms with Gasteiger partial charge in [0.2, 0.25) is 0 Å². The molecule has 20 heavy (non-hydrogen) atoms. The number of nitrogens with one attached hydrogen (secondary N) is 1. The van der Waals surface area contributed by atoms with Crippen molar-refractivity contribution in [3.05, 3.63) is 35.1 Å². The van der Waals surface area contributed by atoms with Crippen LogP contribution in [0.15, 0.2) is 18.2 Å². The van der Waals surface area contributed by atoms with Crippen LogP contribution < -0.4 is 5.32 Å². The third-order valence-electron chi connectivity index (χ3n) is 4.38. The number of piperidine rings is 1. The molecule has 2 atom stereocenters. The third kappa shape index (κ3) is 2.91. The van der Waals surface area contributed by atoms with E-state index in [1.807, 2.05) is 6.92 Å². The van der Waals surface area contributed by atoms with Crippen LogP contribution in [0.2, 0.25) is 0 Å². The van der Waals surface area contributed by atoms with E-state index in [9.17, 15) is 9.18 Å². The molecule has 0 spiro atoms. The summed E-state index contributed by atoms with van der Waals surface area (Å²) in [6, 6.07) is 5.26. The van der Waals surface area contributed by atoms with Gasteiger partial charge in [0, 0.05) is 24.4 Å². The Kier molecular flexibility index (Phi) is 3.85. The zero-order valence-corrected chi connectivity index (χ0v) is 11.7. The summed E-state index contributed by atoms with van der Waals surface area (Å²) in [6.07, 6.45) is 2.02. The summed E-state index contributed by atoms with van der Waals surface area (Å²) in [5.41, 5.74) is 1.80. The lowest BCUT2D eigenvalue weighted by Gasteiger charge is -2.39. The molecule has 0 amide bonds. The van der Waals surface area contributed by atoms with Gasteiger partial charge in [0.15, 0.2) is 0 Å². The lowest BCUT2D eigenvalue weighted by molar-refractivity contribution is -0.125. The molecule has 2 heterocycles. The number of hydrogen-bond acceptors (Lipinski definition) is 3. The van der Waals surface area contributed by atoms with E-state index in [-0.39, 0.29) is 17.5 Å². The number of carbonyl (C=O) groups is 1. The lowest BCUT2D eigenvalue weighted by atomic mass is 9.82. The maximum absolute atomic E-state index is 13.3. The van der Waals surface area contributed by atoms with Gasteiger partial charge in [0.05, 0.1) is 13.2 Å². The summed E-state index contributed by atoms with van der Waals surface area (Å²) in [5.74, 6) is 0.0453. The van der Waals surface area contributed by atoms with Crippen LogP contribution in [0.3, 0.4) is 0 Å². The van der Waals surface area contributed by atoms with Crippen LogP contribution in [-0.2, 0) is 16.0 Å². The van der Waals surface area contributed by atoms with Crippen LogP contribution in [0.4, 0.5) is 4.39 Å². The minimum absolute atomic E-state index is 0.0813.